The number of nitriles is 1. The molecule has 10 nitrogen and oxygen atoms in total. The number of thiazole rings is 1. The molecular formula is C30H30F2N8O2S. The lowest BCUT2D eigenvalue weighted by Gasteiger charge is -2.62. The molecule has 1 atom stereocenters. The second kappa shape index (κ2) is 10.3. The summed E-state index contributed by atoms with van der Waals surface area (Å²) in [4.78, 5) is 27.9. The largest absolute Gasteiger partial charge is 0.389 e. The van der Waals surface area contributed by atoms with E-state index in [2.05, 4.69) is 21.3 Å². The highest BCUT2D eigenvalue weighted by Crippen LogP contribution is 2.44. The molecule has 222 valence electrons. The van der Waals surface area contributed by atoms with Crippen molar-refractivity contribution in [3.8, 4) is 17.3 Å². The van der Waals surface area contributed by atoms with Crippen LogP contribution in [0.1, 0.15) is 23.9 Å². The molecule has 1 aromatic carbocycles. The number of hydrogen-bond donors (Lipinski definition) is 2. The lowest BCUT2D eigenvalue weighted by Crippen LogP contribution is -2.77. The molecule has 3 saturated heterocycles. The van der Waals surface area contributed by atoms with Gasteiger partial charge in [-0.15, -0.1) is 0 Å². The van der Waals surface area contributed by atoms with Crippen LogP contribution < -0.4 is 15.1 Å². The molecule has 3 aliphatic heterocycles. The maximum Gasteiger partial charge on any atom is 0.224 e. The molecule has 0 saturated carbocycles. The fourth-order valence-electron chi connectivity index (χ4n) is 6.33. The number of aliphatic hydroxyl groups is 1. The van der Waals surface area contributed by atoms with Crippen LogP contribution >= 0.6 is 11.3 Å². The number of halogens is 2. The van der Waals surface area contributed by atoms with E-state index in [1.54, 1.807) is 21.4 Å². The number of carbonyl (C=O) groups is 1. The lowest BCUT2D eigenvalue weighted by molar-refractivity contribution is -0.144. The molecule has 6 heterocycles. The normalized spacial score (nSPS) is 19.2. The zero-order chi connectivity index (χ0) is 30.0. The van der Waals surface area contributed by atoms with Gasteiger partial charge in [0.1, 0.15) is 28.3 Å². The van der Waals surface area contributed by atoms with E-state index in [0.717, 1.165) is 12.2 Å². The van der Waals surface area contributed by atoms with E-state index in [1.165, 1.54) is 29.5 Å². The Morgan fingerprint density at radius 2 is 2.00 bits per heavy atom. The van der Waals surface area contributed by atoms with Crippen molar-refractivity contribution in [2.45, 2.75) is 31.9 Å². The first-order valence-electron chi connectivity index (χ1n) is 14.2. The Morgan fingerprint density at radius 3 is 2.63 bits per heavy atom. The number of aliphatic hydroxyl groups excluding tert-OH is 1. The third-order valence-corrected chi connectivity index (χ3v) is 9.93. The second-order valence-electron chi connectivity index (χ2n) is 11.6. The van der Waals surface area contributed by atoms with Gasteiger partial charge in [-0.2, -0.15) is 5.26 Å². The fourth-order valence-corrected chi connectivity index (χ4v) is 7.18. The fraction of sp³-hybridized carbons (Fsp3) is 0.400. The number of carbonyl (C=O) groups excluding carboxylic acids is 1. The van der Waals surface area contributed by atoms with Crippen molar-refractivity contribution in [3.05, 3.63) is 58.7 Å². The second-order valence-corrected chi connectivity index (χ2v) is 12.6. The van der Waals surface area contributed by atoms with Gasteiger partial charge in [-0.1, -0.05) is 18.3 Å². The molecule has 1 spiro atoms. The first kappa shape index (κ1) is 27.7. The number of nitrogens with one attached hydrogen (secondary N) is 1. The van der Waals surface area contributed by atoms with Gasteiger partial charge in [0.25, 0.3) is 0 Å². The van der Waals surface area contributed by atoms with Gasteiger partial charge >= 0.3 is 0 Å². The number of fused-ring (bicyclic) bond motifs is 1. The third kappa shape index (κ3) is 4.52. The van der Waals surface area contributed by atoms with Crippen molar-refractivity contribution >= 4 is 39.5 Å². The van der Waals surface area contributed by atoms with Gasteiger partial charge in [-0.25, -0.2) is 18.7 Å². The monoisotopic (exact) mass is 604 g/mol. The summed E-state index contributed by atoms with van der Waals surface area (Å²) in [7, 11) is 1.82. The molecule has 1 amide bonds. The molecule has 3 aliphatic rings. The van der Waals surface area contributed by atoms with E-state index in [-0.39, 0.29) is 28.8 Å². The molecule has 0 radical (unpaired) electrons. The number of aromatic nitrogens is 3. The Hall–Kier alpha value is -4.12. The number of pyridine rings is 1. The number of amides is 1. The number of benzene rings is 1. The lowest BCUT2D eigenvalue weighted by atomic mass is 9.66. The highest BCUT2D eigenvalue weighted by molar-refractivity contribution is 7.16. The molecule has 3 fully saturated rings. The Kier molecular flexibility index (Phi) is 6.61. The Bertz CT molecular complexity index is 1770. The van der Waals surface area contributed by atoms with Crippen molar-refractivity contribution in [1.82, 2.24) is 24.6 Å². The Balaban J connectivity index is 1.16. The van der Waals surface area contributed by atoms with Crippen LogP contribution in [0, 0.1) is 28.4 Å². The highest BCUT2D eigenvalue weighted by Gasteiger charge is 2.55. The number of β-amino-alcohol motifs (C(OH)–C–C–N with tert-alkyl or cyclic N) is 1. The van der Waals surface area contributed by atoms with E-state index in [4.69, 9.17) is 4.98 Å². The minimum absolute atomic E-state index is 0.0426. The molecule has 4 aromatic rings. The highest BCUT2D eigenvalue weighted by atomic mass is 32.1. The standard InChI is InChI=1S/C30H30F2N8O2S/c1-3-22-28(37(2)29-36-26(23(10-33)43-29)17-4-6-18(31)7-5-17)40-11-19(8-21(32)27(40)35-22)39-15-30(16-39)14-34-24(30)9-25(42)38-12-20(41)13-38/h4-8,11,20,24,34,41H,3,9,12-16H2,1-2H3. The van der Waals surface area contributed by atoms with Crippen LogP contribution in [0.15, 0.2) is 36.5 Å². The molecular weight excluding hydrogens is 574 g/mol. The summed E-state index contributed by atoms with van der Waals surface area (Å²) in [5.41, 5.74) is 2.67. The summed E-state index contributed by atoms with van der Waals surface area (Å²) in [5.74, 6) is -0.103. The minimum Gasteiger partial charge on any atom is -0.389 e. The maximum atomic E-state index is 15.5. The zero-order valence-corrected chi connectivity index (χ0v) is 24.5. The summed E-state index contributed by atoms with van der Waals surface area (Å²) < 4.78 is 30.8. The van der Waals surface area contributed by atoms with Gasteiger partial charge in [-0.3, -0.25) is 9.20 Å². The van der Waals surface area contributed by atoms with Crippen LogP contribution in [0.5, 0.6) is 0 Å². The van der Waals surface area contributed by atoms with Gasteiger partial charge in [0, 0.05) is 75.5 Å². The average molecular weight is 605 g/mol. The summed E-state index contributed by atoms with van der Waals surface area (Å²) in [6.07, 6.45) is 2.41. The van der Waals surface area contributed by atoms with Crippen LogP contribution in [0.4, 0.5) is 25.4 Å². The molecule has 1 unspecified atom stereocenters. The third-order valence-electron chi connectivity index (χ3n) is 8.89. The number of imidazole rings is 1. The minimum atomic E-state index is -0.438. The summed E-state index contributed by atoms with van der Waals surface area (Å²) in [6, 6.07) is 9.62. The van der Waals surface area contributed by atoms with E-state index in [1.807, 2.05) is 25.1 Å². The van der Waals surface area contributed by atoms with Crippen LogP contribution in [-0.2, 0) is 11.2 Å². The summed E-state index contributed by atoms with van der Waals surface area (Å²) in [6.45, 7) is 4.96. The smallest absolute Gasteiger partial charge is 0.224 e. The van der Waals surface area contributed by atoms with E-state index >= 15 is 4.39 Å². The zero-order valence-electron chi connectivity index (χ0n) is 23.7. The molecule has 43 heavy (non-hydrogen) atoms. The van der Waals surface area contributed by atoms with Crippen molar-refractivity contribution in [2.24, 2.45) is 5.41 Å². The van der Waals surface area contributed by atoms with Crippen LogP contribution in [-0.4, -0.2) is 82.2 Å². The SMILES string of the molecule is CCc1nc2c(F)cc(N3CC4(CNC4CC(=O)N4CC(O)C4)C3)cn2c1N(C)c1nc(-c2ccc(F)cc2)c(C#N)s1. The average Bonchev–Trinajstić information content (AvgIpc) is 3.55. The number of likely N-dealkylation sites (tertiary alicyclic amines) is 1. The number of nitrogens with zero attached hydrogens (tertiary/aromatic N) is 7. The van der Waals surface area contributed by atoms with Crippen molar-refractivity contribution in [2.75, 3.05) is 49.6 Å². The van der Waals surface area contributed by atoms with Gasteiger partial charge in [-0.05, 0) is 30.7 Å². The van der Waals surface area contributed by atoms with Crippen LogP contribution in [0.3, 0.4) is 0 Å². The van der Waals surface area contributed by atoms with E-state index in [9.17, 15) is 19.6 Å². The Labute approximate surface area is 250 Å². The summed E-state index contributed by atoms with van der Waals surface area (Å²) >= 11 is 1.21. The van der Waals surface area contributed by atoms with E-state index in [0.29, 0.717) is 71.8 Å². The predicted octanol–water partition coefficient (Wildman–Crippen LogP) is 3.31. The van der Waals surface area contributed by atoms with Crippen molar-refractivity contribution < 1.29 is 18.7 Å². The van der Waals surface area contributed by atoms with E-state index < -0.39 is 11.9 Å². The van der Waals surface area contributed by atoms with Gasteiger partial charge in [0.05, 0.1) is 17.5 Å². The van der Waals surface area contributed by atoms with Gasteiger partial charge < -0.3 is 25.1 Å². The van der Waals surface area contributed by atoms with Crippen LogP contribution in [0.25, 0.3) is 16.9 Å². The molecule has 3 aromatic heterocycles. The van der Waals surface area contributed by atoms with Gasteiger partial charge in [0.15, 0.2) is 16.6 Å². The number of hydrogen-bond acceptors (Lipinski definition) is 9. The predicted molar refractivity (Wildman–Crippen MR) is 158 cm³/mol. The van der Waals surface area contributed by atoms with Crippen LogP contribution in [0.2, 0.25) is 0 Å². The number of rotatable bonds is 7. The molecule has 0 aliphatic carbocycles. The van der Waals surface area contributed by atoms with Crippen molar-refractivity contribution in [1.29, 1.82) is 5.26 Å². The Morgan fingerprint density at radius 1 is 1.26 bits per heavy atom. The topological polar surface area (TPSA) is 113 Å². The van der Waals surface area contributed by atoms with Gasteiger partial charge in [0.2, 0.25) is 5.91 Å². The first-order chi connectivity index (χ1) is 20.7. The quantitative estimate of drug-likeness (QED) is 0.331. The molecule has 0 bridgehead atoms. The number of aryl methyl sites for hydroxylation is 1. The molecule has 13 heteroatoms. The van der Waals surface area contributed by atoms with Crippen molar-refractivity contribution in [3.63, 3.8) is 0 Å². The maximum absolute atomic E-state index is 15.5. The number of anilines is 3. The molecule has 2 N–H and O–H groups in total. The first-order valence-corrected chi connectivity index (χ1v) is 15.1. The molecule has 7 rings (SSSR count). The summed E-state index contributed by atoms with van der Waals surface area (Å²) in [5, 5.41) is 23.3.